The van der Waals surface area contributed by atoms with Gasteiger partial charge >= 0.3 is 0 Å². The quantitative estimate of drug-likeness (QED) is 0.722. The number of hydrogen-bond acceptors (Lipinski definition) is 2. The lowest BCUT2D eigenvalue weighted by Gasteiger charge is -2.20. The molecule has 1 fully saturated rings. The Hall–Kier alpha value is -1.64. The third kappa shape index (κ3) is 2.69. The van der Waals surface area contributed by atoms with Gasteiger partial charge in [-0.2, -0.15) is 0 Å². The van der Waals surface area contributed by atoms with Gasteiger partial charge in [-0.05, 0) is 38.0 Å². The lowest BCUT2D eigenvalue weighted by Crippen LogP contribution is -2.31. The van der Waals surface area contributed by atoms with Crippen LogP contribution < -0.4 is 0 Å². The van der Waals surface area contributed by atoms with Crippen LogP contribution in [0.25, 0.3) is 0 Å². The predicted octanol–water partition coefficient (Wildman–Crippen LogP) is 2.15. The van der Waals surface area contributed by atoms with Crippen molar-refractivity contribution in [2.75, 3.05) is 0 Å². The van der Waals surface area contributed by atoms with Crippen molar-refractivity contribution < 1.29 is 4.79 Å². The standard InChI is InChI=1S/C13H16N2O/c1-2-5-13(16)15(12-7-8-12)10-11-6-3-4-9-14-11/h2-6,9,12H,7-8,10H2,1H3. The number of allylic oxidation sites excluding steroid dienone is 1. The van der Waals surface area contributed by atoms with Crippen LogP contribution in [-0.2, 0) is 11.3 Å². The van der Waals surface area contributed by atoms with Crippen LogP contribution in [0.5, 0.6) is 0 Å². The summed E-state index contributed by atoms with van der Waals surface area (Å²) in [6, 6.07) is 6.22. The van der Waals surface area contributed by atoms with E-state index in [2.05, 4.69) is 4.98 Å². The molecule has 0 bridgehead atoms. The van der Waals surface area contributed by atoms with Crippen LogP contribution in [0.4, 0.5) is 0 Å². The van der Waals surface area contributed by atoms with Crippen molar-refractivity contribution in [3.05, 3.63) is 42.2 Å². The molecule has 0 unspecified atom stereocenters. The van der Waals surface area contributed by atoms with E-state index in [1.54, 1.807) is 18.3 Å². The van der Waals surface area contributed by atoms with E-state index in [0.717, 1.165) is 18.5 Å². The molecule has 16 heavy (non-hydrogen) atoms. The molecule has 1 aliphatic carbocycles. The molecule has 84 valence electrons. The largest absolute Gasteiger partial charge is 0.330 e. The Morgan fingerprint density at radius 2 is 2.38 bits per heavy atom. The van der Waals surface area contributed by atoms with Gasteiger partial charge < -0.3 is 4.90 Å². The zero-order valence-corrected chi connectivity index (χ0v) is 9.47. The first-order chi connectivity index (χ1) is 7.81. The Kier molecular flexibility index (Phi) is 3.34. The minimum absolute atomic E-state index is 0.0932. The molecular formula is C13H16N2O. The minimum atomic E-state index is 0.0932. The summed E-state index contributed by atoms with van der Waals surface area (Å²) in [5.74, 6) is 0.0932. The molecule has 0 aromatic carbocycles. The van der Waals surface area contributed by atoms with Crippen LogP contribution in [0.1, 0.15) is 25.5 Å². The van der Waals surface area contributed by atoms with Gasteiger partial charge in [0, 0.05) is 12.2 Å². The van der Waals surface area contributed by atoms with Crippen molar-refractivity contribution in [1.29, 1.82) is 0 Å². The highest BCUT2D eigenvalue weighted by molar-refractivity contribution is 5.87. The summed E-state index contributed by atoms with van der Waals surface area (Å²) >= 11 is 0. The van der Waals surface area contributed by atoms with E-state index < -0.39 is 0 Å². The van der Waals surface area contributed by atoms with Gasteiger partial charge in [-0.3, -0.25) is 9.78 Å². The van der Waals surface area contributed by atoms with Crippen LogP contribution in [-0.4, -0.2) is 21.8 Å². The Morgan fingerprint density at radius 1 is 1.56 bits per heavy atom. The Labute approximate surface area is 95.8 Å². The van der Waals surface area contributed by atoms with Crippen LogP contribution in [0, 0.1) is 0 Å². The molecule has 2 rings (SSSR count). The summed E-state index contributed by atoms with van der Waals surface area (Å²) in [6.07, 6.45) is 7.42. The first-order valence-electron chi connectivity index (χ1n) is 5.64. The number of carbonyl (C=O) groups excluding carboxylic acids is 1. The smallest absolute Gasteiger partial charge is 0.246 e. The molecule has 0 spiro atoms. The third-order valence-corrected chi connectivity index (χ3v) is 2.64. The molecule has 1 heterocycles. The molecule has 0 aliphatic heterocycles. The molecule has 0 radical (unpaired) electrons. The zero-order valence-electron chi connectivity index (χ0n) is 9.47. The maximum absolute atomic E-state index is 11.8. The molecule has 1 saturated carbocycles. The van der Waals surface area contributed by atoms with Crippen molar-refractivity contribution in [1.82, 2.24) is 9.88 Å². The number of nitrogens with zero attached hydrogens (tertiary/aromatic N) is 2. The van der Waals surface area contributed by atoms with Crippen LogP contribution in [0.15, 0.2) is 36.5 Å². The molecule has 1 aliphatic rings. The fourth-order valence-corrected chi connectivity index (χ4v) is 1.68. The molecule has 0 N–H and O–H groups in total. The summed E-state index contributed by atoms with van der Waals surface area (Å²) in [7, 11) is 0. The number of amides is 1. The topological polar surface area (TPSA) is 33.2 Å². The number of rotatable bonds is 4. The third-order valence-electron chi connectivity index (χ3n) is 2.64. The Balaban J connectivity index is 2.06. The summed E-state index contributed by atoms with van der Waals surface area (Å²) in [4.78, 5) is 18.0. The van der Waals surface area contributed by atoms with E-state index in [9.17, 15) is 4.79 Å². The first kappa shape index (κ1) is 10.9. The fourth-order valence-electron chi connectivity index (χ4n) is 1.68. The van der Waals surface area contributed by atoms with Gasteiger partial charge in [-0.1, -0.05) is 12.1 Å². The van der Waals surface area contributed by atoms with Gasteiger partial charge in [0.2, 0.25) is 5.91 Å². The fraction of sp³-hybridized carbons (Fsp3) is 0.385. The van der Waals surface area contributed by atoms with Crippen LogP contribution in [0.2, 0.25) is 0 Å². The van der Waals surface area contributed by atoms with Gasteiger partial charge in [0.25, 0.3) is 0 Å². The van der Waals surface area contributed by atoms with Gasteiger partial charge in [0.05, 0.1) is 12.2 Å². The predicted molar refractivity (Wildman–Crippen MR) is 62.6 cm³/mol. The maximum Gasteiger partial charge on any atom is 0.246 e. The van der Waals surface area contributed by atoms with Crippen molar-refractivity contribution in [3.8, 4) is 0 Å². The van der Waals surface area contributed by atoms with E-state index in [-0.39, 0.29) is 5.91 Å². The van der Waals surface area contributed by atoms with Gasteiger partial charge in [-0.25, -0.2) is 0 Å². The van der Waals surface area contributed by atoms with E-state index >= 15 is 0 Å². The average molecular weight is 216 g/mol. The molecule has 0 atom stereocenters. The SMILES string of the molecule is CC=CC(=O)N(Cc1ccccn1)C1CC1. The monoisotopic (exact) mass is 216 g/mol. The molecule has 3 heteroatoms. The summed E-state index contributed by atoms with van der Waals surface area (Å²) in [5.41, 5.74) is 0.951. The highest BCUT2D eigenvalue weighted by atomic mass is 16.2. The summed E-state index contributed by atoms with van der Waals surface area (Å²) in [6.45, 7) is 2.48. The number of hydrogen-bond donors (Lipinski definition) is 0. The second-order valence-electron chi connectivity index (χ2n) is 4.02. The van der Waals surface area contributed by atoms with Gasteiger partial charge in [0.1, 0.15) is 0 Å². The molecule has 1 amide bonds. The van der Waals surface area contributed by atoms with Crippen molar-refractivity contribution >= 4 is 5.91 Å². The second kappa shape index (κ2) is 4.92. The number of aromatic nitrogens is 1. The van der Waals surface area contributed by atoms with E-state index in [1.165, 1.54) is 0 Å². The lowest BCUT2D eigenvalue weighted by atomic mass is 10.3. The minimum Gasteiger partial charge on any atom is -0.330 e. The summed E-state index contributed by atoms with van der Waals surface area (Å²) < 4.78 is 0. The molecular weight excluding hydrogens is 200 g/mol. The van der Waals surface area contributed by atoms with E-state index in [4.69, 9.17) is 0 Å². The van der Waals surface area contributed by atoms with Crippen LogP contribution >= 0.6 is 0 Å². The Bertz CT molecular complexity index is 382. The number of pyridine rings is 1. The highest BCUT2D eigenvalue weighted by Crippen LogP contribution is 2.28. The average Bonchev–Trinajstić information content (AvgIpc) is 3.11. The van der Waals surface area contributed by atoms with E-state index in [1.807, 2.05) is 30.0 Å². The van der Waals surface area contributed by atoms with Gasteiger partial charge in [-0.15, -0.1) is 0 Å². The van der Waals surface area contributed by atoms with Gasteiger partial charge in [0.15, 0.2) is 0 Å². The van der Waals surface area contributed by atoms with Crippen LogP contribution in [0.3, 0.4) is 0 Å². The molecule has 3 nitrogen and oxygen atoms in total. The van der Waals surface area contributed by atoms with Crippen molar-refractivity contribution in [3.63, 3.8) is 0 Å². The molecule has 1 aromatic heterocycles. The molecule has 1 aromatic rings. The molecule has 0 saturated heterocycles. The lowest BCUT2D eigenvalue weighted by molar-refractivity contribution is -0.127. The Morgan fingerprint density at radius 3 is 2.94 bits per heavy atom. The highest BCUT2D eigenvalue weighted by Gasteiger charge is 2.31. The van der Waals surface area contributed by atoms with Crippen molar-refractivity contribution in [2.45, 2.75) is 32.4 Å². The second-order valence-corrected chi connectivity index (χ2v) is 4.02. The zero-order chi connectivity index (χ0) is 11.4. The van der Waals surface area contributed by atoms with E-state index in [0.29, 0.717) is 12.6 Å². The number of carbonyl (C=O) groups is 1. The maximum atomic E-state index is 11.8. The normalized spacial score (nSPS) is 15.3. The van der Waals surface area contributed by atoms with Crippen molar-refractivity contribution in [2.24, 2.45) is 0 Å². The first-order valence-corrected chi connectivity index (χ1v) is 5.64. The summed E-state index contributed by atoms with van der Waals surface area (Å²) in [5, 5.41) is 0.